The Balaban J connectivity index is 1.78. The van der Waals surface area contributed by atoms with Gasteiger partial charge in [-0.1, -0.05) is 0 Å². The van der Waals surface area contributed by atoms with Crippen LogP contribution in [0.2, 0.25) is 0 Å². The Labute approximate surface area is 121 Å². The molecule has 0 bridgehead atoms. The first-order chi connectivity index (χ1) is 10.1. The van der Waals surface area contributed by atoms with E-state index in [0.29, 0.717) is 23.7 Å². The second-order valence-corrected chi connectivity index (χ2v) is 4.50. The van der Waals surface area contributed by atoms with Crippen LogP contribution >= 0.6 is 0 Å². The number of ether oxygens (including phenoxy) is 1. The predicted octanol–water partition coefficient (Wildman–Crippen LogP) is 0.713. The van der Waals surface area contributed by atoms with Crippen LogP contribution in [0.4, 0.5) is 0 Å². The topological polar surface area (TPSA) is 86.1 Å². The van der Waals surface area contributed by atoms with Crippen molar-refractivity contribution in [3.05, 3.63) is 42.0 Å². The lowest BCUT2D eigenvalue weighted by molar-refractivity contribution is -0.123. The molecule has 7 heteroatoms. The Bertz CT molecular complexity index is 634. The number of benzene rings is 1. The van der Waals surface area contributed by atoms with E-state index in [1.165, 1.54) is 6.92 Å². The third-order valence-electron chi connectivity index (χ3n) is 2.88. The highest BCUT2D eigenvalue weighted by Crippen LogP contribution is 2.12. The molecule has 2 aromatic rings. The predicted molar refractivity (Wildman–Crippen MR) is 74.8 cm³/mol. The van der Waals surface area contributed by atoms with Gasteiger partial charge in [0.05, 0.1) is 6.54 Å². The first kappa shape index (κ1) is 14.7. The van der Waals surface area contributed by atoms with Gasteiger partial charge in [-0.15, -0.1) is 10.2 Å². The Morgan fingerprint density at radius 2 is 2.00 bits per heavy atom. The zero-order valence-electron chi connectivity index (χ0n) is 11.9. The number of nitrogens with one attached hydrogen (secondary N) is 1. The largest absolute Gasteiger partial charge is 0.484 e. The molecule has 1 N–H and O–H groups in total. The van der Waals surface area contributed by atoms with Crippen molar-refractivity contribution >= 4 is 11.7 Å². The van der Waals surface area contributed by atoms with Crippen LogP contribution in [0.5, 0.6) is 5.75 Å². The van der Waals surface area contributed by atoms with Gasteiger partial charge < -0.3 is 14.6 Å². The van der Waals surface area contributed by atoms with Gasteiger partial charge >= 0.3 is 0 Å². The molecule has 1 amide bonds. The summed E-state index contributed by atoms with van der Waals surface area (Å²) in [5, 5.41) is 10.3. The van der Waals surface area contributed by atoms with Gasteiger partial charge in [-0.3, -0.25) is 9.59 Å². The van der Waals surface area contributed by atoms with Crippen molar-refractivity contribution in [3.63, 3.8) is 0 Å². The molecule has 1 aromatic carbocycles. The van der Waals surface area contributed by atoms with E-state index in [9.17, 15) is 9.59 Å². The summed E-state index contributed by atoms with van der Waals surface area (Å²) in [4.78, 5) is 22.8. The fraction of sp³-hybridized carbons (Fsp3) is 0.286. The van der Waals surface area contributed by atoms with E-state index < -0.39 is 0 Å². The van der Waals surface area contributed by atoms with E-state index in [1.807, 2.05) is 0 Å². The first-order valence-electron chi connectivity index (χ1n) is 6.39. The van der Waals surface area contributed by atoms with Gasteiger partial charge in [-0.05, 0) is 31.2 Å². The fourth-order valence-electron chi connectivity index (χ4n) is 1.63. The number of nitrogens with zero attached hydrogens (tertiary/aromatic N) is 3. The molecule has 0 aliphatic carbocycles. The van der Waals surface area contributed by atoms with Crippen LogP contribution in [-0.4, -0.2) is 33.1 Å². The third-order valence-corrected chi connectivity index (χ3v) is 2.88. The Morgan fingerprint density at radius 3 is 2.57 bits per heavy atom. The second kappa shape index (κ2) is 6.65. The summed E-state index contributed by atoms with van der Waals surface area (Å²) in [6, 6.07) is 6.64. The van der Waals surface area contributed by atoms with Crippen molar-refractivity contribution in [3.8, 4) is 5.75 Å². The third kappa shape index (κ3) is 4.13. The molecule has 0 aliphatic rings. The maximum atomic E-state index is 11.7. The maximum Gasteiger partial charge on any atom is 0.258 e. The average Bonchev–Trinajstić information content (AvgIpc) is 2.88. The Hall–Kier alpha value is -2.70. The molecule has 7 nitrogen and oxygen atoms in total. The summed E-state index contributed by atoms with van der Waals surface area (Å²) in [5.41, 5.74) is 0.606. The van der Waals surface area contributed by atoms with E-state index >= 15 is 0 Å². The van der Waals surface area contributed by atoms with E-state index in [4.69, 9.17) is 4.74 Å². The van der Waals surface area contributed by atoms with E-state index in [2.05, 4.69) is 15.5 Å². The minimum absolute atomic E-state index is 0.0111. The Morgan fingerprint density at radius 1 is 1.29 bits per heavy atom. The van der Waals surface area contributed by atoms with Crippen LogP contribution in [0.15, 0.2) is 30.6 Å². The summed E-state index contributed by atoms with van der Waals surface area (Å²) >= 11 is 0. The molecular weight excluding hydrogens is 272 g/mol. The van der Waals surface area contributed by atoms with Crippen molar-refractivity contribution in [2.24, 2.45) is 7.05 Å². The second-order valence-electron chi connectivity index (χ2n) is 4.50. The van der Waals surface area contributed by atoms with Gasteiger partial charge in [0.15, 0.2) is 18.2 Å². The van der Waals surface area contributed by atoms with Crippen molar-refractivity contribution in [1.82, 2.24) is 20.1 Å². The van der Waals surface area contributed by atoms with Crippen LogP contribution in [0.25, 0.3) is 0 Å². The molecule has 21 heavy (non-hydrogen) atoms. The number of ketones is 1. The number of aromatic nitrogens is 3. The number of aryl methyl sites for hydroxylation is 1. The highest BCUT2D eigenvalue weighted by Gasteiger charge is 2.06. The van der Waals surface area contributed by atoms with Crippen molar-refractivity contribution in [1.29, 1.82) is 0 Å². The van der Waals surface area contributed by atoms with Crippen LogP contribution in [0.3, 0.4) is 0 Å². The molecule has 2 rings (SSSR count). The molecule has 0 saturated carbocycles. The number of amides is 1. The van der Waals surface area contributed by atoms with Crippen LogP contribution in [0, 0.1) is 0 Å². The van der Waals surface area contributed by atoms with E-state index in [1.54, 1.807) is 42.2 Å². The van der Waals surface area contributed by atoms with Gasteiger partial charge in [-0.2, -0.15) is 0 Å². The molecule has 0 radical (unpaired) electrons. The van der Waals surface area contributed by atoms with Crippen LogP contribution in [-0.2, 0) is 18.4 Å². The molecule has 0 aliphatic heterocycles. The smallest absolute Gasteiger partial charge is 0.258 e. The van der Waals surface area contributed by atoms with Gasteiger partial charge in [-0.25, -0.2) is 0 Å². The molecule has 0 unspecified atom stereocenters. The standard InChI is InChI=1S/C14H16N4O3/c1-10(19)11-3-5-12(6-4-11)21-8-14(20)15-7-13-17-16-9-18(13)2/h3-6,9H,7-8H2,1-2H3,(H,15,20). The molecule has 1 aromatic heterocycles. The summed E-state index contributed by atoms with van der Waals surface area (Å²) in [7, 11) is 1.80. The minimum Gasteiger partial charge on any atom is -0.484 e. The number of carbonyl (C=O) groups excluding carboxylic acids is 2. The molecule has 0 saturated heterocycles. The lowest BCUT2D eigenvalue weighted by Crippen LogP contribution is -2.29. The maximum absolute atomic E-state index is 11.7. The van der Waals surface area contributed by atoms with Crippen molar-refractivity contribution in [2.75, 3.05) is 6.61 Å². The molecule has 0 atom stereocenters. The molecule has 0 spiro atoms. The summed E-state index contributed by atoms with van der Waals surface area (Å²) in [5.74, 6) is 0.930. The van der Waals surface area contributed by atoms with Gasteiger partial charge in [0.25, 0.3) is 5.91 Å². The average molecular weight is 288 g/mol. The van der Waals surface area contributed by atoms with Gasteiger partial charge in [0.1, 0.15) is 12.1 Å². The minimum atomic E-state index is -0.256. The molecule has 0 fully saturated rings. The Kier molecular flexibility index (Phi) is 4.65. The number of Topliss-reactive ketones (excluding diaryl/α,β-unsaturated/α-hetero) is 1. The summed E-state index contributed by atoms with van der Waals surface area (Å²) < 4.78 is 7.06. The SMILES string of the molecule is CC(=O)c1ccc(OCC(=O)NCc2nncn2C)cc1. The number of hydrogen-bond donors (Lipinski definition) is 1. The lowest BCUT2D eigenvalue weighted by atomic mass is 10.1. The monoisotopic (exact) mass is 288 g/mol. The number of carbonyl (C=O) groups is 2. The fourth-order valence-corrected chi connectivity index (χ4v) is 1.63. The quantitative estimate of drug-likeness (QED) is 0.791. The normalized spacial score (nSPS) is 10.2. The zero-order valence-corrected chi connectivity index (χ0v) is 11.9. The van der Waals surface area contributed by atoms with Crippen LogP contribution < -0.4 is 10.1 Å². The van der Waals surface area contributed by atoms with E-state index in [-0.39, 0.29) is 18.3 Å². The highest BCUT2D eigenvalue weighted by atomic mass is 16.5. The molecule has 1 heterocycles. The van der Waals surface area contributed by atoms with Crippen molar-refractivity contribution in [2.45, 2.75) is 13.5 Å². The highest BCUT2D eigenvalue weighted by molar-refractivity contribution is 5.94. The van der Waals surface area contributed by atoms with Gasteiger partial charge in [0, 0.05) is 12.6 Å². The van der Waals surface area contributed by atoms with Crippen molar-refractivity contribution < 1.29 is 14.3 Å². The van der Waals surface area contributed by atoms with Gasteiger partial charge in [0.2, 0.25) is 0 Å². The summed E-state index contributed by atoms with van der Waals surface area (Å²) in [6.07, 6.45) is 1.56. The summed E-state index contributed by atoms with van der Waals surface area (Å²) in [6.45, 7) is 1.69. The molecule has 110 valence electrons. The number of hydrogen-bond acceptors (Lipinski definition) is 5. The number of rotatable bonds is 6. The molecular formula is C14H16N4O3. The lowest BCUT2D eigenvalue weighted by Gasteiger charge is -2.07. The first-order valence-corrected chi connectivity index (χ1v) is 6.39. The van der Waals surface area contributed by atoms with E-state index in [0.717, 1.165) is 0 Å². The zero-order chi connectivity index (χ0) is 15.2. The van der Waals surface area contributed by atoms with Crippen LogP contribution in [0.1, 0.15) is 23.1 Å².